The molecule has 0 saturated carbocycles. The average Bonchev–Trinajstić information content (AvgIpc) is 2.84. The quantitative estimate of drug-likeness (QED) is 0.777. The zero-order valence-corrected chi connectivity index (χ0v) is 12.4. The summed E-state index contributed by atoms with van der Waals surface area (Å²) in [6.45, 7) is 2.48. The maximum atomic E-state index is 12.1. The van der Waals surface area contributed by atoms with Gasteiger partial charge in [0.2, 0.25) is 10.0 Å². The third-order valence-electron chi connectivity index (χ3n) is 3.07. The molecule has 0 aromatic heterocycles. The average molecular weight is 312 g/mol. The molecule has 0 spiro atoms. The van der Waals surface area contributed by atoms with Crippen LogP contribution in [0.4, 0.5) is 4.79 Å². The molecule has 1 aliphatic heterocycles. The van der Waals surface area contributed by atoms with E-state index in [0.29, 0.717) is 18.7 Å². The number of hydrogen-bond acceptors (Lipinski definition) is 5. The third-order valence-corrected chi connectivity index (χ3v) is 4.53. The number of ether oxygens (including phenoxy) is 1. The maximum absolute atomic E-state index is 12.1. The topological polar surface area (TPSA) is 92.8 Å². The molecule has 1 saturated heterocycles. The molecule has 1 N–H and O–H groups in total. The molecule has 1 aromatic carbocycles. The fraction of sp³-hybridized carbons (Fsp3) is 0.385. The second kappa shape index (κ2) is 6.23. The lowest BCUT2D eigenvalue weighted by Gasteiger charge is -2.13. The normalized spacial score (nSPS) is 15.1. The van der Waals surface area contributed by atoms with Crippen LogP contribution in [0.15, 0.2) is 29.2 Å². The van der Waals surface area contributed by atoms with Gasteiger partial charge in [0.15, 0.2) is 5.78 Å². The van der Waals surface area contributed by atoms with Gasteiger partial charge in [-0.05, 0) is 19.1 Å². The van der Waals surface area contributed by atoms with E-state index < -0.39 is 16.1 Å². The van der Waals surface area contributed by atoms with E-state index in [1.165, 1.54) is 30.0 Å². The molecule has 1 fully saturated rings. The van der Waals surface area contributed by atoms with Crippen molar-refractivity contribution in [2.45, 2.75) is 11.8 Å². The summed E-state index contributed by atoms with van der Waals surface area (Å²) in [5.74, 6) is -0.202. The summed E-state index contributed by atoms with van der Waals surface area (Å²) in [5, 5.41) is 0. The number of nitrogens with one attached hydrogen (secondary N) is 1. The lowest BCUT2D eigenvalue weighted by atomic mass is 10.2. The zero-order valence-electron chi connectivity index (χ0n) is 11.5. The van der Waals surface area contributed by atoms with Crippen molar-refractivity contribution in [3.8, 4) is 0 Å². The minimum atomic E-state index is -3.71. The molecule has 1 amide bonds. The van der Waals surface area contributed by atoms with Gasteiger partial charge in [0.1, 0.15) is 6.61 Å². The van der Waals surface area contributed by atoms with Gasteiger partial charge in [-0.1, -0.05) is 12.1 Å². The monoisotopic (exact) mass is 312 g/mol. The number of rotatable bonds is 6. The molecular formula is C13H16N2O5S. The lowest BCUT2D eigenvalue weighted by Crippen LogP contribution is -2.35. The molecule has 1 aromatic rings. The van der Waals surface area contributed by atoms with Crippen molar-refractivity contribution in [2.24, 2.45) is 0 Å². The van der Waals surface area contributed by atoms with Crippen molar-refractivity contribution >= 4 is 21.9 Å². The predicted octanol–water partition coefficient (Wildman–Crippen LogP) is 0.620. The number of carbonyl (C=O) groups excluding carboxylic acids is 2. The van der Waals surface area contributed by atoms with Crippen molar-refractivity contribution in [3.05, 3.63) is 29.8 Å². The first-order valence-electron chi connectivity index (χ1n) is 6.42. The Morgan fingerprint density at radius 1 is 1.43 bits per heavy atom. The first-order valence-corrected chi connectivity index (χ1v) is 7.91. The van der Waals surface area contributed by atoms with Crippen LogP contribution in [-0.2, 0) is 14.8 Å². The Balaban J connectivity index is 1.99. The van der Waals surface area contributed by atoms with Crippen LogP contribution in [0, 0.1) is 0 Å². The van der Waals surface area contributed by atoms with E-state index in [9.17, 15) is 18.0 Å². The van der Waals surface area contributed by atoms with E-state index in [2.05, 4.69) is 4.72 Å². The molecule has 0 radical (unpaired) electrons. The van der Waals surface area contributed by atoms with Gasteiger partial charge >= 0.3 is 6.09 Å². The summed E-state index contributed by atoms with van der Waals surface area (Å²) in [6.07, 6.45) is -0.437. The summed E-state index contributed by atoms with van der Waals surface area (Å²) in [6, 6.07) is 5.82. The molecule has 0 atom stereocenters. The highest BCUT2D eigenvalue weighted by Gasteiger charge is 2.22. The van der Waals surface area contributed by atoms with Gasteiger partial charge in [0, 0.05) is 18.7 Å². The molecule has 21 heavy (non-hydrogen) atoms. The predicted molar refractivity (Wildman–Crippen MR) is 74.6 cm³/mol. The number of cyclic esters (lactones) is 1. The molecule has 1 heterocycles. The number of Topliss-reactive ketones (excluding diaryl/α,β-unsaturated/α-hetero) is 1. The Labute approximate surface area is 122 Å². The Bertz CT molecular complexity index is 656. The van der Waals surface area contributed by atoms with Crippen LogP contribution in [0.3, 0.4) is 0 Å². The number of hydrogen-bond donors (Lipinski definition) is 1. The van der Waals surface area contributed by atoms with Crippen LogP contribution in [0.5, 0.6) is 0 Å². The number of nitrogens with zero attached hydrogens (tertiary/aromatic N) is 1. The van der Waals surface area contributed by atoms with Gasteiger partial charge in [-0.2, -0.15) is 0 Å². The molecule has 114 valence electrons. The Hall–Kier alpha value is -1.93. The van der Waals surface area contributed by atoms with Crippen molar-refractivity contribution in [3.63, 3.8) is 0 Å². The SMILES string of the molecule is CC(=O)c1cccc(S(=O)(=O)NCCN2CCOC2=O)c1. The summed E-state index contributed by atoms with van der Waals surface area (Å²) in [7, 11) is -3.71. The summed E-state index contributed by atoms with van der Waals surface area (Å²) in [4.78, 5) is 23.9. The molecular weight excluding hydrogens is 296 g/mol. The van der Waals surface area contributed by atoms with Crippen LogP contribution in [0.1, 0.15) is 17.3 Å². The number of amides is 1. The minimum Gasteiger partial charge on any atom is -0.448 e. The minimum absolute atomic E-state index is 0.0270. The van der Waals surface area contributed by atoms with Crippen LogP contribution < -0.4 is 4.72 Å². The zero-order chi connectivity index (χ0) is 15.5. The Kier molecular flexibility index (Phi) is 4.59. The van der Waals surface area contributed by atoms with Gasteiger partial charge in [-0.15, -0.1) is 0 Å². The van der Waals surface area contributed by atoms with Crippen LogP contribution in [-0.4, -0.2) is 51.4 Å². The van der Waals surface area contributed by atoms with Gasteiger partial charge in [0.25, 0.3) is 0 Å². The van der Waals surface area contributed by atoms with Gasteiger partial charge in [-0.3, -0.25) is 4.79 Å². The van der Waals surface area contributed by atoms with Gasteiger partial charge in [0.05, 0.1) is 11.4 Å². The summed E-state index contributed by atoms with van der Waals surface area (Å²) < 4.78 is 31.4. The molecule has 1 aliphatic rings. The second-order valence-corrected chi connectivity index (χ2v) is 6.35. The van der Waals surface area contributed by atoms with Gasteiger partial charge in [-0.25, -0.2) is 17.9 Å². The highest BCUT2D eigenvalue weighted by molar-refractivity contribution is 7.89. The fourth-order valence-corrected chi connectivity index (χ4v) is 2.98. The van der Waals surface area contributed by atoms with E-state index in [-0.39, 0.29) is 23.8 Å². The number of benzene rings is 1. The largest absolute Gasteiger partial charge is 0.448 e. The summed E-state index contributed by atoms with van der Waals surface area (Å²) >= 11 is 0. The number of carbonyl (C=O) groups is 2. The van der Waals surface area contributed by atoms with Crippen molar-refractivity contribution in [1.29, 1.82) is 0 Å². The smallest absolute Gasteiger partial charge is 0.409 e. The van der Waals surface area contributed by atoms with E-state index >= 15 is 0 Å². The van der Waals surface area contributed by atoms with Gasteiger partial charge < -0.3 is 9.64 Å². The van der Waals surface area contributed by atoms with E-state index in [1.807, 2.05) is 0 Å². The molecule has 0 bridgehead atoms. The first-order chi connectivity index (χ1) is 9.90. The number of sulfonamides is 1. The standard InChI is InChI=1S/C13H16N2O5S/c1-10(16)11-3-2-4-12(9-11)21(18,19)14-5-6-15-7-8-20-13(15)17/h2-4,9,14H,5-8H2,1H3. The van der Waals surface area contributed by atoms with Crippen LogP contribution in [0.25, 0.3) is 0 Å². The third kappa shape index (κ3) is 3.79. The molecule has 0 unspecified atom stereocenters. The van der Waals surface area contributed by atoms with Crippen molar-refractivity contribution in [2.75, 3.05) is 26.2 Å². The van der Waals surface area contributed by atoms with Crippen LogP contribution >= 0.6 is 0 Å². The molecule has 0 aliphatic carbocycles. The Morgan fingerprint density at radius 2 is 2.19 bits per heavy atom. The highest BCUT2D eigenvalue weighted by atomic mass is 32.2. The number of ketones is 1. The maximum Gasteiger partial charge on any atom is 0.409 e. The van der Waals surface area contributed by atoms with Crippen molar-refractivity contribution in [1.82, 2.24) is 9.62 Å². The summed E-state index contributed by atoms with van der Waals surface area (Å²) in [5.41, 5.74) is 0.334. The molecule has 2 rings (SSSR count). The van der Waals surface area contributed by atoms with Crippen LogP contribution in [0.2, 0.25) is 0 Å². The lowest BCUT2D eigenvalue weighted by molar-refractivity contribution is 0.101. The Morgan fingerprint density at radius 3 is 2.81 bits per heavy atom. The van der Waals surface area contributed by atoms with Crippen molar-refractivity contribution < 1.29 is 22.7 Å². The van der Waals surface area contributed by atoms with E-state index in [0.717, 1.165) is 0 Å². The first kappa shape index (κ1) is 15.5. The molecule has 8 heteroatoms. The molecule has 7 nitrogen and oxygen atoms in total. The van der Waals surface area contributed by atoms with E-state index in [1.54, 1.807) is 6.07 Å². The van der Waals surface area contributed by atoms with E-state index in [4.69, 9.17) is 4.74 Å². The fourth-order valence-electron chi connectivity index (χ4n) is 1.91. The highest BCUT2D eigenvalue weighted by Crippen LogP contribution is 2.12. The second-order valence-electron chi connectivity index (χ2n) is 4.58.